The fourth-order valence-corrected chi connectivity index (χ4v) is 10.6. The van der Waals surface area contributed by atoms with Crippen molar-refractivity contribution in [2.24, 2.45) is 0 Å². The third-order valence-electron chi connectivity index (χ3n) is 8.51. The summed E-state index contributed by atoms with van der Waals surface area (Å²) in [6.45, 7) is 12.9. The molecule has 6 aromatic carbocycles. The summed E-state index contributed by atoms with van der Waals surface area (Å²) in [4.78, 5) is 0. The van der Waals surface area contributed by atoms with Gasteiger partial charge in [-0.1, -0.05) is 161 Å². The van der Waals surface area contributed by atoms with E-state index in [2.05, 4.69) is 169 Å². The first kappa shape index (κ1) is 29.9. The van der Waals surface area contributed by atoms with Crippen LogP contribution in [0.1, 0.15) is 33.4 Å². The van der Waals surface area contributed by atoms with Crippen molar-refractivity contribution >= 4 is 34.0 Å². The largest absolute Gasteiger partial charge is 0.247 e. The van der Waals surface area contributed by atoms with E-state index in [-0.39, 0.29) is 0 Å². The van der Waals surface area contributed by atoms with E-state index in [1.807, 2.05) is 0 Å². The molecule has 0 bridgehead atoms. The van der Waals surface area contributed by atoms with Gasteiger partial charge < -0.3 is 0 Å². The van der Waals surface area contributed by atoms with E-state index in [9.17, 15) is 0 Å². The van der Waals surface area contributed by atoms with Gasteiger partial charge in [-0.25, -0.2) is 0 Å². The molecule has 0 heterocycles. The van der Waals surface area contributed by atoms with Gasteiger partial charge in [-0.05, 0) is 90.5 Å². The third kappa shape index (κ3) is 6.08. The van der Waals surface area contributed by atoms with Crippen molar-refractivity contribution in [2.75, 3.05) is 0 Å². The van der Waals surface area contributed by atoms with Crippen molar-refractivity contribution in [3.05, 3.63) is 161 Å². The Labute approximate surface area is 268 Å². The topological polar surface area (TPSA) is 0 Å². The maximum absolute atomic E-state index is 8.00. The fourth-order valence-electron chi connectivity index (χ4n) is 6.60. The van der Waals surface area contributed by atoms with E-state index in [4.69, 9.17) is 11.1 Å². The maximum atomic E-state index is 8.00. The van der Waals surface area contributed by atoms with Gasteiger partial charge in [-0.15, -0.1) is 11.1 Å². The molecule has 0 spiro atoms. The second-order valence-electron chi connectivity index (χ2n) is 12.5. The predicted octanol–water partition coefficient (Wildman–Crippen LogP) is 9.74. The highest BCUT2D eigenvalue weighted by atomic mass is 35.6. The lowest BCUT2D eigenvalue weighted by atomic mass is 10.0. The number of halogens is 1. The Morgan fingerprint density at radius 2 is 0.500 bits per heavy atom. The first-order chi connectivity index (χ1) is 21.1. The molecule has 218 valence electrons. The van der Waals surface area contributed by atoms with Crippen LogP contribution in [0, 0.1) is 41.5 Å². The molecule has 0 amide bonds. The molecule has 0 radical (unpaired) electrons. The van der Waals surface area contributed by atoms with Gasteiger partial charge in [-0.3, -0.25) is 0 Å². The summed E-state index contributed by atoms with van der Waals surface area (Å²) in [5, 5.41) is 3.56. The van der Waals surface area contributed by atoms with Crippen LogP contribution < -0.4 is 15.6 Å². The number of rotatable bonds is 6. The summed E-state index contributed by atoms with van der Waals surface area (Å²) < 4.78 is 0. The minimum absolute atomic E-state index is 1.19. The Hall–Kier alpha value is -4.17. The Balaban J connectivity index is 1.44. The zero-order chi connectivity index (χ0) is 31.0. The molecule has 0 aliphatic carbocycles. The summed E-state index contributed by atoms with van der Waals surface area (Å²) in [6.07, 6.45) is 0. The molecule has 6 rings (SSSR count). The normalized spacial score (nSPS) is 11.5. The quantitative estimate of drug-likeness (QED) is 0.101. The molecule has 0 aliphatic rings. The number of hydrogen-bond acceptors (Lipinski definition) is 0. The van der Waals surface area contributed by atoms with Gasteiger partial charge in [-0.2, -0.15) is 0 Å². The minimum atomic E-state index is -2.84. The average molecular weight is 607 g/mol. The summed E-state index contributed by atoms with van der Waals surface area (Å²) in [5.41, 5.74) is 15.0. The first-order valence-electron chi connectivity index (χ1n) is 15.3. The van der Waals surface area contributed by atoms with Gasteiger partial charge in [0.15, 0.2) is 0 Å². The van der Waals surface area contributed by atoms with Crippen LogP contribution in [0.4, 0.5) is 0 Å². The molecule has 0 fully saturated rings. The monoisotopic (exact) mass is 606 g/mol. The van der Waals surface area contributed by atoms with Gasteiger partial charge in [0.25, 0.3) is 0 Å². The molecule has 0 nitrogen and oxygen atoms in total. The van der Waals surface area contributed by atoms with Gasteiger partial charge in [0.1, 0.15) is 0 Å². The molecule has 0 saturated heterocycles. The van der Waals surface area contributed by atoms with Crippen LogP contribution in [-0.4, -0.2) is 7.38 Å². The summed E-state index contributed by atoms with van der Waals surface area (Å²) in [5.74, 6) is 0. The highest BCUT2D eigenvalue weighted by Gasteiger charge is 2.38. The van der Waals surface area contributed by atoms with Crippen molar-refractivity contribution in [3.63, 3.8) is 0 Å². The number of hydrogen-bond donors (Lipinski definition) is 0. The lowest BCUT2D eigenvalue weighted by Gasteiger charge is -2.27. The third-order valence-corrected chi connectivity index (χ3v) is 13.9. The highest BCUT2D eigenvalue weighted by Crippen LogP contribution is 2.26. The zero-order valence-electron chi connectivity index (χ0n) is 26.5. The zero-order valence-corrected chi connectivity index (χ0v) is 28.3. The van der Waals surface area contributed by atoms with Gasteiger partial charge in [0.2, 0.25) is 7.38 Å². The van der Waals surface area contributed by atoms with Crippen LogP contribution in [-0.2, 0) is 0 Å². The second kappa shape index (κ2) is 12.1. The molecule has 0 saturated carbocycles. The SMILES string of the molecule is Cc1cc(C)cc(-c2ccc([Si](Cl)(c3ccc(-c4cc(C)cc(C)c4)cc3)c3ccc(-c4cc(C)cc(C)c4)cc3)cc2)c1. The van der Waals surface area contributed by atoms with Gasteiger partial charge >= 0.3 is 0 Å². The van der Waals surface area contributed by atoms with Gasteiger partial charge in [0, 0.05) is 0 Å². The van der Waals surface area contributed by atoms with Crippen LogP contribution in [0.5, 0.6) is 0 Å². The molecule has 2 heteroatoms. The average Bonchev–Trinajstić information content (AvgIpc) is 2.99. The Morgan fingerprint density at radius 1 is 0.295 bits per heavy atom. The van der Waals surface area contributed by atoms with Crippen LogP contribution in [0.15, 0.2) is 127 Å². The lowest BCUT2D eigenvalue weighted by molar-refractivity contribution is 1.38. The molecule has 0 aromatic heterocycles. The van der Waals surface area contributed by atoms with E-state index >= 15 is 0 Å². The second-order valence-corrected chi connectivity index (χ2v) is 17.3. The molecule has 0 unspecified atom stereocenters. The Morgan fingerprint density at radius 3 is 0.705 bits per heavy atom. The smallest absolute Gasteiger partial charge is 0.149 e. The van der Waals surface area contributed by atoms with Crippen LogP contribution in [0.25, 0.3) is 33.4 Å². The van der Waals surface area contributed by atoms with E-state index in [0.717, 1.165) is 0 Å². The molecular weight excluding hydrogens is 568 g/mol. The van der Waals surface area contributed by atoms with Crippen molar-refractivity contribution in [2.45, 2.75) is 41.5 Å². The van der Waals surface area contributed by atoms with Crippen molar-refractivity contribution in [1.82, 2.24) is 0 Å². The standard InChI is InChI=1S/C42H39ClSi/c1-28-19-29(2)23-37(22-28)34-7-13-40(14-8-34)44(43,41-15-9-35(10-16-41)38-24-30(3)20-31(4)25-38)42-17-11-36(12-18-42)39-26-32(5)21-33(6)27-39/h7-27H,1-6H3. The molecular formula is C42H39ClSi. The van der Waals surface area contributed by atoms with Crippen LogP contribution in [0.2, 0.25) is 0 Å². The summed E-state index contributed by atoms with van der Waals surface area (Å²) in [6, 6.07) is 47.1. The fraction of sp³-hybridized carbons (Fsp3) is 0.143. The van der Waals surface area contributed by atoms with Crippen molar-refractivity contribution < 1.29 is 0 Å². The van der Waals surface area contributed by atoms with E-state index < -0.39 is 7.38 Å². The molecule has 0 atom stereocenters. The summed E-state index contributed by atoms with van der Waals surface area (Å²) >= 11 is 8.00. The minimum Gasteiger partial charge on any atom is -0.149 e. The van der Waals surface area contributed by atoms with Crippen LogP contribution in [0.3, 0.4) is 0 Å². The Kier molecular flexibility index (Phi) is 8.20. The van der Waals surface area contributed by atoms with E-state index in [1.54, 1.807) is 0 Å². The predicted molar refractivity (Wildman–Crippen MR) is 195 cm³/mol. The number of benzene rings is 6. The maximum Gasteiger partial charge on any atom is 0.247 e. The van der Waals surface area contributed by atoms with Gasteiger partial charge in [0.05, 0.1) is 0 Å². The van der Waals surface area contributed by atoms with E-state index in [1.165, 1.54) is 82.3 Å². The van der Waals surface area contributed by atoms with Crippen LogP contribution >= 0.6 is 11.1 Å². The number of aryl methyl sites for hydroxylation is 6. The Bertz CT molecular complexity index is 1660. The lowest BCUT2D eigenvalue weighted by Crippen LogP contribution is -2.62. The molecule has 6 aromatic rings. The van der Waals surface area contributed by atoms with E-state index in [0.29, 0.717) is 0 Å². The molecule has 0 aliphatic heterocycles. The van der Waals surface area contributed by atoms with Crippen molar-refractivity contribution in [3.8, 4) is 33.4 Å². The first-order valence-corrected chi connectivity index (χ1v) is 18.4. The summed E-state index contributed by atoms with van der Waals surface area (Å²) in [7, 11) is -2.84. The highest BCUT2D eigenvalue weighted by molar-refractivity contribution is 7.40. The molecule has 0 N–H and O–H groups in total. The molecule has 44 heavy (non-hydrogen) atoms. The van der Waals surface area contributed by atoms with Crippen molar-refractivity contribution in [1.29, 1.82) is 0 Å².